The third kappa shape index (κ3) is 6.30. The van der Waals surface area contributed by atoms with Crippen molar-refractivity contribution in [3.05, 3.63) is 0 Å². The number of hydrogen-bond acceptors (Lipinski definition) is 3. The number of nitrogens with zero attached hydrogens (tertiary/aromatic N) is 2. The van der Waals surface area contributed by atoms with E-state index in [2.05, 4.69) is 37.9 Å². The first-order chi connectivity index (χ1) is 11.0. The van der Waals surface area contributed by atoms with Crippen molar-refractivity contribution in [1.82, 2.24) is 10.2 Å². The summed E-state index contributed by atoms with van der Waals surface area (Å²) in [4.78, 5) is 7.18. The van der Waals surface area contributed by atoms with E-state index in [4.69, 9.17) is 14.5 Å². The molecule has 0 aromatic heterocycles. The van der Waals surface area contributed by atoms with Crippen LogP contribution in [0.5, 0.6) is 0 Å². The topological polar surface area (TPSA) is 46.1 Å². The lowest BCUT2D eigenvalue weighted by Gasteiger charge is -2.37. The van der Waals surface area contributed by atoms with E-state index in [9.17, 15) is 0 Å². The first-order valence-corrected chi connectivity index (χ1v) is 9.26. The van der Waals surface area contributed by atoms with Crippen molar-refractivity contribution >= 4 is 5.96 Å². The summed E-state index contributed by atoms with van der Waals surface area (Å²) in [5.41, 5.74) is 0.387. The van der Waals surface area contributed by atoms with Gasteiger partial charge in [-0.25, -0.2) is 0 Å². The number of aliphatic imine (C=N–C) groups is 1. The Hall–Kier alpha value is -0.810. The molecule has 0 bridgehead atoms. The van der Waals surface area contributed by atoms with E-state index < -0.39 is 0 Å². The summed E-state index contributed by atoms with van der Waals surface area (Å²) in [7, 11) is 0. The van der Waals surface area contributed by atoms with Gasteiger partial charge in [-0.3, -0.25) is 4.99 Å². The van der Waals surface area contributed by atoms with Crippen molar-refractivity contribution in [2.45, 2.75) is 65.6 Å². The van der Waals surface area contributed by atoms with Gasteiger partial charge < -0.3 is 19.7 Å². The van der Waals surface area contributed by atoms with E-state index in [1.54, 1.807) is 0 Å². The molecule has 23 heavy (non-hydrogen) atoms. The highest BCUT2D eigenvalue weighted by molar-refractivity contribution is 5.80. The van der Waals surface area contributed by atoms with Gasteiger partial charge >= 0.3 is 0 Å². The zero-order valence-corrected chi connectivity index (χ0v) is 15.4. The van der Waals surface area contributed by atoms with E-state index >= 15 is 0 Å². The number of rotatable bonds is 5. The molecule has 0 amide bonds. The molecule has 2 aliphatic rings. The van der Waals surface area contributed by atoms with Crippen molar-refractivity contribution < 1.29 is 9.47 Å². The maximum atomic E-state index is 5.94. The summed E-state index contributed by atoms with van der Waals surface area (Å²) in [6.07, 6.45) is 5.07. The molecular weight excluding hydrogens is 290 g/mol. The van der Waals surface area contributed by atoms with Gasteiger partial charge in [-0.2, -0.15) is 0 Å². The smallest absolute Gasteiger partial charge is 0.194 e. The Labute approximate surface area is 141 Å². The van der Waals surface area contributed by atoms with Crippen LogP contribution >= 0.6 is 0 Å². The Morgan fingerprint density at radius 2 is 2.00 bits per heavy atom. The maximum Gasteiger partial charge on any atom is 0.194 e. The van der Waals surface area contributed by atoms with Crippen LogP contribution in [0.2, 0.25) is 0 Å². The van der Waals surface area contributed by atoms with Crippen LogP contribution in [-0.4, -0.2) is 62.5 Å². The average Bonchev–Trinajstić information content (AvgIpc) is 3.04. The van der Waals surface area contributed by atoms with Gasteiger partial charge in [0.05, 0.1) is 12.7 Å². The number of guanidine groups is 1. The molecule has 0 aliphatic carbocycles. The van der Waals surface area contributed by atoms with Crippen LogP contribution in [0.3, 0.4) is 0 Å². The summed E-state index contributed by atoms with van der Waals surface area (Å²) in [5, 5.41) is 3.44. The Balaban J connectivity index is 1.87. The molecule has 0 aromatic rings. The second kappa shape index (κ2) is 8.88. The van der Waals surface area contributed by atoms with E-state index in [1.807, 2.05) is 0 Å². The summed E-state index contributed by atoms with van der Waals surface area (Å²) in [5.74, 6) is 1.03. The van der Waals surface area contributed by atoms with Crippen molar-refractivity contribution in [1.29, 1.82) is 0 Å². The van der Waals surface area contributed by atoms with Crippen LogP contribution in [0.15, 0.2) is 4.99 Å². The molecule has 0 radical (unpaired) electrons. The zero-order valence-electron chi connectivity index (χ0n) is 15.4. The highest BCUT2D eigenvalue weighted by Gasteiger charge is 2.32. The molecule has 2 atom stereocenters. The first-order valence-electron chi connectivity index (χ1n) is 9.26. The highest BCUT2D eigenvalue weighted by Crippen LogP contribution is 2.22. The summed E-state index contributed by atoms with van der Waals surface area (Å²) < 4.78 is 11.7. The van der Waals surface area contributed by atoms with Gasteiger partial charge in [0.15, 0.2) is 5.96 Å². The molecule has 2 unspecified atom stereocenters. The summed E-state index contributed by atoms with van der Waals surface area (Å²) in [6.45, 7) is 14.2. The quantitative estimate of drug-likeness (QED) is 0.479. The van der Waals surface area contributed by atoms with Gasteiger partial charge in [0.25, 0.3) is 0 Å². The maximum absolute atomic E-state index is 5.94. The second-order valence-corrected chi connectivity index (χ2v) is 7.81. The molecule has 2 saturated heterocycles. The Bertz CT molecular complexity index is 373. The van der Waals surface area contributed by atoms with Crippen LogP contribution < -0.4 is 5.32 Å². The molecule has 5 nitrogen and oxygen atoms in total. The molecule has 5 heteroatoms. The van der Waals surface area contributed by atoms with Crippen LogP contribution in [0.1, 0.15) is 53.4 Å². The number of morpholine rings is 1. The number of ether oxygens (including phenoxy) is 2. The van der Waals surface area contributed by atoms with Crippen molar-refractivity contribution in [2.75, 3.05) is 39.4 Å². The molecule has 2 rings (SSSR count). The largest absolute Gasteiger partial charge is 0.375 e. The third-order valence-corrected chi connectivity index (χ3v) is 4.45. The van der Waals surface area contributed by atoms with Crippen LogP contribution in [0.4, 0.5) is 0 Å². The fourth-order valence-corrected chi connectivity index (χ4v) is 3.21. The zero-order chi connectivity index (χ0) is 16.7. The predicted molar refractivity (Wildman–Crippen MR) is 95.0 cm³/mol. The predicted octanol–water partition coefficient (Wildman–Crippen LogP) is 2.66. The summed E-state index contributed by atoms with van der Waals surface area (Å²) in [6, 6.07) is 0. The fourth-order valence-electron chi connectivity index (χ4n) is 3.21. The summed E-state index contributed by atoms with van der Waals surface area (Å²) >= 11 is 0. The molecule has 2 heterocycles. The van der Waals surface area contributed by atoms with E-state index in [0.717, 1.165) is 64.6 Å². The minimum absolute atomic E-state index is 0.185. The highest BCUT2D eigenvalue weighted by atomic mass is 16.5. The third-order valence-electron chi connectivity index (χ3n) is 4.45. The first kappa shape index (κ1) is 18.5. The van der Waals surface area contributed by atoms with E-state index in [0.29, 0.717) is 5.41 Å². The average molecular weight is 325 g/mol. The van der Waals surface area contributed by atoms with Gasteiger partial charge in [0.1, 0.15) is 6.10 Å². The van der Waals surface area contributed by atoms with Gasteiger partial charge in [0.2, 0.25) is 0 Å². The van der Waals surface area contributed by atoms with Gasteiger partial charge in [-0.1, -0.05) is 20.8 Å². The minimum atomic E-state index is 0.185. The molecule has 0 aromatic carbocycles. The van der Waals surface area contributed by atoms with Crippen molar-refractivity contribution in [3.8, 4) is 0 Å². The molecule has 2 fully saturated rings. The van der Waals surface area contributed by atoms with Gasteiger partial charge in [0, 0.05) is 32.8 Å². The molecule has 2 aliphatic heterocycles. The lowest BCUT2D eigenvalue weighted by atomic mass is 9.91. The van der Waals surface area contributed by atoms with E-state index in [1.165, 1.54) is 6.42 Å². The monoisotopic (exact) mass is 325 g/mol. The second-order valence-electron chi connectivity index (χ2n) is 7.81. The SMILES string of the molecule is CCNC(=NCCCC(C)(C)C)N1CCOC(C2CCCO2)C1. The molecular formula is C18H35N3O2. The minimum Gasteiger partial charge on any atom is -0.375 e. The molecule has 134 valence electrons. The number of hydrogen-bond donors (Lipinski definition) is 1. The van der Waals surface area contributed by atoms with Gasteiger partial charge in [-0.15, -0.1) is 0 Å². The van der Waals surface area contributed by atoms with E-state index in [-0.39, 0.29) is 12.2 Å². The Morgan fingerprint density at radius 3 is 2.65 bits per heavy atom. The lowest BCUT2D eigenvalue weighted by Crippen LogP contribution is -2.53. The molecule has 1 N–H and O–H groups in total. The number of nitrogens with one attached hydrogen (secondary N) is 1. The van der Waals surface area contributed by atoms with Crippen LogP contribution in [-0.2, 0) is 9.47 Å². The van der Waals surface area contributed by atoms with Crippen LogP contribution in [0.25, 0.3) is 0 Å². The van der Waals surface area contributed by atoms with Crippen molar-refractivity contribution in [3.63, 3.8) is 0 Å². The Morgan fingerprint density at radius 1 is 1.22 bits per heavy atom. The van der Waals surface area contributed by atoms with Crippen molar-refractivity contribution in [2.24, 2.45) is 10.4 Å². The normalized spacial score (nSPS) is 26.6. The van der Waals surface area contributed by atoms with Gasteiger partial charge in [-0.05, 0) is 38.0 Å². The Kier molecular flexibility index (Phi) is 7.15. The fraction of sp³-hybridized carbons (Fsp3) is 0.944. The molecule has 0 spiro atoms. The standard InChI is InChI=1S/C18H35N3O2/c1-5-19-17(20-10-7-9-18(2,3)4)21-11-13-23-16(14-21)15-8-6-12-22-15/h15-16H,5-14H2,1-4H3,(H,19,20). The lowest BCUT2D eigenvalue weighted by molar-refractivity contribution is -0.0817. The molecule has 0 saturated carbocycles. The van der Waals surface area contributed by atoms with Crippen LogP contribution in [0, 0.1) is 5.41 Å².